The molecule has 1 aromatic heterocycles. The predicted octanol–water partition coefficient (Wildman–Crippen LogP) is 19.0. The van der Waals surface area contributed by atoms with Gasteiger partial charge in [0.1, 0.15) is 0 Å². The fourth-order valence-electron chi connectivity index (χ4n) is 13.3. The molecule has 1 aliphatic carbocycles. The van der Waals surface area contributed by atoms with Crippen molar-refractivity contribution in [2.75, 3.05) is 9.80 Å². The van der Waals surface area contributed by atoms with Crippen LogP contribution in [-0.4, -0.2) is 4.57 Å². The molecule has 0 bridgehead atoms. The van der Waals surface area contributed by atoms with Crippen molar-refractivity contribution in [2.24, 2.45) is 0 Å². The first-order valence-electron chi connectivity index (χ1n) is 25.7. The Balaban J connectivity index is 1.09. The van der Waals surface area contributed by atoms with Crippen molar-refractivity contribution < 1.29 is 0 Å². The molecule has 3 nitrogen and oxygen atoms in total. The molecule has 2 aliphatic rings. The third-order valence-electron chi connectivity index (χ3n) is 16.3. The number of aromatic nitrogens is 1. The van der Waals surface area contributed by atoms with Crippen LogP contribution in [0.15, 0.2) is 273 Å². The Morgan fingerprint density at radius 2 is 0.730 bits per heavy atom. The number of benzene rings is 13. The summed E-state index contributed by atoms with van der Waals surface area (Å²) < 4.78 is 2.59. The molecule has 0 amide bonds. The van der Waals surface area contributed by atoms with Crippen LogP contribution in [0.5, 0.6) is 0 Å². The number of rotatable bonds is 6. The minimum Gasteiger partial charge on any atom is -0.310 e. The van der Waals surface area contributed by atoms with Gasteiger partial charge in [0.15, 0.2) is 0 Å². The summed E-state index contributed by atoms with van der Waals surface area (Å²) in [7, 11) is 0. The van der Waals surface area contributed by atoms with Crippen molar-refractivity contribution >= 4 is 99.0 Å². The van der Waals surface area contributed by atoms with Gasteiger partial charge >= 0.3 is 0 Å². The molecule has 2 heterocycles. The number of hydrogen-bond donors (Lipinski definition) is 0. The molecule has 1 spiro atoms. The average molecular weight is 940 g/mol. The molecular weight excluding hydrogens is 895 g/mol. The van der Waals surface area contributed by atoms with E-state index in [2.05, 4.69) is 287 Å². The van der Waals surface area contributed by atoms with E-state index in [9.17, 15) is 0 Å². The smallest absolute Gasteiger partial charge is 0.0755 e. The fourth-order valence-corrected chi connectivity index (χ4v) is 13.3. The van der Waals surface area contributed by atoms with Crippen molar-refractivity contribution in [3.63, 3.8) is 0 Å². The van der Waals surface area contributed by atoms with Crippen LogP contribution in [0.4, 0.5) is 34.1 Å². The number of fused-ring (bicyclic) bond motifs is 18. The Kier molecular flexibility index (Phi) is 8.66. The van der Waals surface area contributed by atoms with Crippen molar-refractivity contribution in [1.82, 2.24) is 4.57 Å². The molecule has 0 N–H and O–H groups in total. The second-order valence-electron chi connectivity index (χ2n) is 20.0. The van der Waals surface area contributed by atoms with Crippen LogP contribution in [0, 0.1) is 0 Å². The summed E-state index contributed by atoms with van der Waals surface area (Å²) in [5.74, 6) is 0. The normalized spacial score (nSPS) is 13.0. The molecule has 0 radical (unpaired) electrons. The van der Waals surface area contributed by atoms with Crippen LogP contribution in [0.3, 0.4) is 0 Å². The summed E-state index contributed by atoms with van der Waals surface area (Å²) >= 11 is 0. The molecule has 0 saturated carbocycles. The molecule has 0 unspecified atom stereocenters. The third-order valence-corrected chi connectivity index (χ3v) is 16.3. The van der Waals surface area contributed by atoms with Gasteiger partial charge in [-0.15, -0.1) is 0 Å². The number of nitrogens with zero attached hydrogens (tertiary/aromatic N) is 3. The quantitative estimate of drug-likeness (QED) is 0.165. The lowest BCUT2D eigenvalue weighted by molar-refractivity contribution is 0.749. The van der Waals surface area contributed by atoms with Gasteiger partial charge in [-0.05, 0) is 138 Å². The molecule has 0 saturated heterocycles. The molecule has 0 fully saturated rings. The molecule has 1 aliphatic heterocycles. The van der Waals surface area contributed by atoms with E-state index in [1.54, 1.807) is 0 Å². The summed E-state index contributed by atoms with van der Waals surface area (Å²) in [5, 5.41) is 12.2. The monoisotopic (exact) mass is 939 g/mol. The Hall–Kier alpha value is -9.70. The third kappa shape index (κ3) is 5.61. The fraction of sp³-hybridized carbons (Fsp3) is 0.0141. The minimum atomic E-state index is -0.697. The predicted molar refractivity (Wildman–Crippen MR) is 311 cm³/mol. The van der Waals surface area contributed by atoms with Gasteiger partial charge in [-0.2, -0.15) is 0 Å². The van der Waals surface area contributed by atoms with Crippen molar-refractivity contribution in [1.29, 1.82) is 0 Å². The highest BCUT2D eigenvalue weighted by molar-refractivity contribution is 6.18. The van der Waals surface area contributed by atoms with E-state index in [0.717, 1.165) is 34.1 Å². The first kappa shape index (κ1) is 41.0. The van der Waals surface area contributed by atoms with E-state index in [1.165, 1.54) is 104 Å². The zero-order valence-corrected chi connectivity index (χ0v) is 40.3. The van der Waals surface area contributed by atoms with Crippen LogP contribution in [0.25, 0.3) is 81.7 Å². The first-order chi connectivity index (χ1) is 36.7. The Bertz CT molecular complexity index is 4530. The minimum absolute atomic E-state index is 0.697. The Morgan fingerprint density at radius 1 is 0.270 bits per heavy atom. The van der Waals surface area contributed by atoms with Crippen molar-refractivity contribution in [2.45, 2.75) is 5.41 Å². The lowest BCUT2D eigenvalue weighted by Crippen LogP contribution is -2.33. The summed E-state index contributed by atoms with van der Waals surface area (Å²) in [4.78, 5) is 4.94. The van der Waals surface area contributed by atoms with Crippen LogP contribution in [0.1, 0.15) is 22.3 Å². The summed E-state index contributed by atoms with van der Waals surface area (Å²) in [5.41, 5.74) is 17.4. The largest absolute Gasteiger partial charge is 0.310 e. The standard InChI is InChI=1S/C71H45N3/c1-3-25-50(26-4-1)72(64-35-17-23-46-19-7-11-29-54(46)64)52-39-42-66-58(43-52)59-44-53(73(51-27-5-2-6-28-51)65-36-18-24-47-20-8-12-30-55(47)65)45-63-70(59)74(66)67-34-16-15-33-60(67)71(63)61-40-37-48-21-9-13-31-56(48)68(61)69-57-32-14-10-22-49(57)38-41-62(69)71/h1-45H. The van der Waals surface area contributed by atoms with Gasteiger partial charge in [0.05, 0.1) is 33.5 Å². The van der Waals surface area contributed by atoms with E-state index < -0.39 is 5.41 Å². The Morgan fingerprint density at radius 3 is 1.31 bits per heavy atom. The molecule has 74 heavy (non-hydrogen) atoms. The van der Waals surface area contributed by atoms with Crippen LogP contribution in [0.2, 0.25) is 0 Å². The molecule has 14 aromatic rings. The molecule has 0 atom stereocenters. The highest BCUT2D eigenvalue weighted by atomic mass is 15.2. The lowest BCUT2D eigenvalue weighted by Gasteiger charge is -2.40. The van der Waals surface area contributed by atoms with Crippen LogP contribution < -0.4 is 9.80 Å². The lowest BCUT2D eigenvalue weighted by atomic mass is 9.65. The van der Waals surface area contributed by atoms with Gasteiger partial charge < -0.3 is 14.4 Å². The molecule has 13 aromatic carbocycles. The zero-order valence-electron chi connectivity index (χ0n) is 40.3. The van der Waals surface area contributed by atoms with E-state index in [4.69, 9.17) is 0 Å². The van der Waals surface area contributed by atoms with Crippen molar-refractivity contribution in [3.05, 3.63) is 295 Å². The Labute approximate surface area is 428 Å². The van der Waals surface area contributed by atoms with Gasteiger partial charge in [0.25, 0.3) is 0 Å². The molecule has 3 heteroatoms. The maximum atomic E-state index is 2.59. The van der Waals surface area contributed by atoms with E-state index in [-0.39, 0.29) is 0 Å². The maximum Gasteiger partial charge on any atom is 0.0755 e. The average Bonchev–Trinajstić information content (AvgIpc) is 4.15. The van der Waals surface area contributed by atoms with Gasteiger partial charge in [0, 0.05) is 44.3 Å². The second kappa shape index (κ2) is 15.6. The molecular formula is C71H45N3. The van der Waals surface area contributed by atoms with E-state index in [1.807, 2.05) is 0 Å². The van der Waals surface area contributed by atoms with E-state index in [0.29, 0.717) is 0 Å². The number of para-hydroxylation sites is 3. The summed E-state index contributed by atoms with van der Waals surface area (Å²) in [6, 6.07) is 102. The zero-order chi connectivity index (χ0) is 48.5. The summed E-state index contributed by atoms with van der Waals surface area (Å²) in [6.45, 7) is 0. The highest BCUT2D eigenvalue weighted by Gasteiger charge is 2.52. The highest BCUT2D eigenvalue weighted by Crippen LogP contribution is 2.64. The first-order valence-corrected chi connectivity index (χ1v) is 25.7. The molecule has 344 valence electrons. The summed E-state index contributed by atoms with van der Waals surface area (Å²) in [6.07, 6.45) is 0. The van der Waals surface area contributed by atoms with Crippen LogP contribution in [-0.2, 0) is 5.41 Å². The van der Waals surface area contributed by atoms with Gasteiger partial charge in [-0.1, -0.05) is 200 Å². The van der Waals surface area contributed by atoms with Crippen molar-refractivity contribution in [3.8, 4) is 16.8 Å². The van der Waals surface area contributed by atoms with E-state index >= 15 is 0 Å². The van der Waals surface area contributed by atoms with Crippen LogP contribution >= 0.6 is 0 Å². The molecule has 16 rings (SSSR count). The maximum absolute atomic E-state index is 2.59. The van der Waals surface area contributed by atoms with Gasteiger partial charge in [-0.25, -0.2) is 0 Å². The van der Waals surface area contributed by atoms with Gasteiger partial charge in [-0.3, -0.25) is 0 Å². The SMILES string of the molecule is c1ccc(N(c2ccc3c(c2)c2cc(N(c4ccccc4)c4cccc5ccccc45)cc4c2n3-c2ccccc2C42c3ccc4ccccc4c3-c3c2ccc2ccccc32)c2cccc3ccccc23)cc1. The number of hydrogen-bond acceptors (Lipinski definition) is 2. The van der Waals surface area contributed by atoms with Gasteiger partial charge in [0.2, 0.25) is 0 Å². The number of anilines is 6. The second-order valence-corrected chi connectivity index (χ2v) is 20.0. The topological polar surface area (TPSA) is 11.4 Å².